The maximum atomic E-state index is 13.8. The van der Waals surface area contributed by atoms with Crippen molar-refractivity contribution >= 4 is 11.8 Å². The zero-order valence-electron chi connectivity index (χ0n) is 21.7. The number of nitrogens with one attached hydrogen (secondary N) is 1. The van der Waals surface area contributed by atoms with E-state index < -0.39 is 11.9 Å². The molecule has 4 rings (SSSR count). The van der Waals surface area contributed by atoms with Gasteiger partial charge in [-0.2, -0.15) is 0 Å². The van der Waals surface area contributed by atoms with Gasteiger partial charge in [0, 0.05) is 29.0 Å². The van der Waals surface area contributed by atoms with Crippen molar-refractivity contribution in [3.8, 4) is 11.5 Å². The van der Waals surface area contributed by atoms with Gasteiger partial charge in [-0.1, -0.05) is 37.3 Å². The molecule has 2 aliphatic rings. The second kappa shape index (κ2) is 11.0. The fourth-order valence-corrected chi connectivity index (χ4v) is 5.09. The molecule has 0 radical (unpaired) electrons. The van der Waals surface area contributed by atoms with Crippen LogP contribution >= 0.6 is 0 Å². The van der Waals surface area contributed by atoms with E-state index in [1.165, 1.54) is 0 Å². The van der Waals surface area contributed by atoms with E-state index in [0.29, 0.717) is 42.0 Å². The van der Waals surface area contributed by atoms with Crippen LogP contribution in [0.15, 0.2) is 71.1 Å². The first-order valence-corrected chi connectivity index (χ1v) is 12.6. The van der Waals surface area contributed by atoms with Crippen molar-refractivity contribution in [2.45, 2.75) is 64.9 Å². The SMILES string of the molecule is CCCOC(=O)C1=C(C)NC2=C(C(=O)C[C@@H](c3ccc(OC)cc3)C2)[C@@H]1c1ccccc1OC(C)C. The molecular formula is C30H35NO5. The Bertz CT molecular complexity index is 1190. The number of dihydropyridines is 1. The van der Waals surface area contributed by atoms with E-state index in [-0.39, 0.29) is 17.8 Å². The molecule has 0 bridgehead atoms. The lowest BCUT2D eigenvalue weighted by molar-refractivity contribution is -0.139. The van der Waals surface area contributed by atoms with Gasteiger partial charge in [-0.15, -0.1) is 0 Å². The number of carbonyl (C=O) groups is 2. The average molecular weight is 490 g/mol. The standard InChI is InChI=1S/C30H35NO5/c1-6-15-35-30(33)27-19(4)31-24-16-21(20-11-13-22(34-5)14-12-20)17-25(32)29(24)28(27)23-9-7-8-10-26(23)36-18(2)3/h7-14,18,21,28,31H,6,15-17H2,1-5H3/t21-,28+/m0/s1. The smallest absolute Gasteiger partial charge is 0.336 e. The highest BCUT2D eigenvalue weighted by Crippen LogP contribution is 2.47. The summed E-state index contributed by atoms with van der Waals surface area (Å²) >= 11 is 0. The van der Waals surface area contributed by atoms with Crippen LogP contribution in [0.5, 0.6) is 11.5 Å². The maximum Gasteiger partial charge on any atom is 0.336 e. The minimum absolute atomic E-state index is 0.0298. The number of hydrogen-bond donors (Lipinski definition) is 1. The lowest BCUT2D eigenvalue weighted by atomic mass is 9.71. The van der Waals surface area contributed by atoms with Crippen LogP contribution in [0.1, 0.15) is 69.9 Å². The number of carbonyl (C=O) groups excluding carboxylic acids is 2. The van der Waals surface area contributed by atoms with Gasteiger partial charge in [-0.3, -0.25) is 4.79 Å². The second-order valence-electron chi connectivity index (χ2n) is 9.63. The monoisotopic (exact) mass is 489 g/mol. The Balaban J connectivity index is 1.80. The molecule has 36 heavy (non-hydrogen) atoms. The summed E-state index contributed by atoms with van der Waals surface area (Å²) in [5.74, 6) is 0.575. The van der Waals surface area contributed by atoms with Gasteiger partial charge in [0.25, 0.3) is 0 Å². The normalized spacial score (nSPS) is 19.7. The summed E-state index contributed by atoms with van der Waals surface area (Å²) in [5.41, 5.74) is 4.57. The summed E-state index contributed by atoms with van der Waals surface area (Å²) in [4.78, 5) is 27.1. The van der Waals surface area contributed by atoms with E-state index in [4.69, 9.17) is 14.2 Å². The molecule has 1 heterocycles. The number of benzene rings is 2. The lowest BCUT2D eigenvalue weighted by Gasteiger charge is -2.37. The van der Waals surface area contributed by atoms with Gasteiger partial charge in [0.2, 0.25) is 0 Å². The zero-order valence-corrected chi connectivity index (χ0v) is 21.7. The molecule has 6 heteroatoms. The van der Waals surface area contributed by atoms with Crippen LogP contribution in [-0.2, 0) is 14.3 Å². The van der Waals surface area contributed by atoms with Crippen molar-refractivity contribution in [2.75, 3.05) is 13.7 Å². The Morgan fingerprint density at radius 2 is 1.81 bits per heavy atom. The fraction of sp³-hybridized carbons (Fsp3) is 0.400. The molecule has 1 aliphatic heterocycles. The van der Waals surface area contributed by atoms with Crippen molar-refractivity contribution in [1.82, 2.24) is 5.32 Å². The second-order valence-corrected chi connectivity index (χ2v) is 9.63. The third-order valence-electron chi connectivity index (χ3n) is 6.66. The molecule has 1 aliphatic carbocycles. The number of ketones is 1. The van der Waals surface area contributed by atoms with E-state index >= 15 is 0 Å². The average Bonchev–Trinajstić information content (AvgIpc) is 2.86. The number of para-hydroxylation sites is 1. The summed E-state index contributed by atoms with van der Waals surface area (Å²) in [6, 6.07) is 15.6. The van der Waals surface area contributed by atoms with E-state index in [1.807, 2.05) is 76.2 Å². The minimum atomic E-state index is -0.551. The highest BCUT2D eigenvalue weighted by molar-refractivity contribution is 6.04. The molecule has 0 saturated carbocycles. The summed E-state index contributed by atoms with van der Waals surface area (Å²) in [7, 11) is 1.64. The van der Waals surface area contributed by atoms with Crippen LogP contribution in [0.2, 0.25) is 0 Å². The van der Waals surface area contributed by atoms with Gasteiger partial charge >= 0.3 is 5.97 Å². The van der Waals surface area contributed by atoms with E-state index in [1.54, 1.807) is 7.11 Å². The predicted molar refractivity (Wildman–Crippen MR) is 139 cm³/mol. The number of rotatable bonds is 8. The van der Waals surface area contributed by atoms with E-state index in [9.17, 15) is 9.59 Å². The quantitative estimate of drug-likeness (QED) is 0.473. The molecule has 1 N–H and O–H groups in total. The Morgan fingerprint density at radius 3 is 2.47 bits per heavy atom. The minimum Gasteiger partial charge on any atom is -0.497 e. The van der Waals surface area contributed by atoms with Crippen molar-refractivity contribution in [2.24, 2.45) is 0 Å². The highest BCUT2D eigenvalue weighted by atomic mass is 16.5. The van der Waals surface area contributed by atoms with Crippen LogP contribution in [0.4, 0.5) is 0 Å². The first-order chi connectivity index (χ1) is 17.3. The molecule has 190 valence electrons. The van der Waals surface area contributed by atoms with Crippen molar-refractivity contribution in [3.63, 3.8) is 0 Å². The topological polar surface area (TPSA) is 73.9 Å². The van der Waals surface area contributed by atoms with Crippen LogP contribution in [-0.4, -0.2) is 31.6 Å². The molecule has 0 aromatic heterocycles. The number of methoxy groups -OCH3 is 1. The maximum absolute atomic E-state index is 13.8. The van der Waals surface area contributed by atoms with E-state index in [2.05, 4.69) is 5.32 Å². The molecule has 2 aromatic rings. The Morgan fingerprint density at radius 1 is 1.08 bits per heavy atom. The van der Waals surface area contributed by atoms with Gasteiger partial charge in [0.05, 0.1) is 31.3 Å². The summed E-state index contributed by atoms with van der Waals surface area (Å²) in [6.07, 6.45) is 1.71. The number of allylic oxidation sites excluding steroid dienone is 3. The molecule has 0 fully saturated rings. The summed E-state index contributed by atoms with van der Waals surface area (Å²) in [6.45, 7) is 8.10. The van der Waals surface area contributed by atoms with Gasteiger partial charge in [0.1, 0.15) is 11.5 Å². The molecule has 6 nitrogen and oxygen atoms in total. The van der Waals surface area contributed by atoms with Crippen LogP contribution in [0.3, 0.4) is 0 Å². The molecule has 0 spiro atoms. The summed E-state index contributed by atoms with van der Waals surface area (Å²) < 4.78 is 17.0. The Hall–Kier alpha value is -3.54. The fourth-order valence-electron chi connectivity index (χ4n) is 5.09. The lowest BCUT2D eigenvalue weighted by Crippen LogP contribution is -2.36. The van der Waals surface area contributed by atoms with Crippen molar-refractivity contribution < 1.29 is 23.8 Å². The largest absolute Gasteiger partial charge is 0.497 e. The molecule has 2 aromatic carbocycles. The van der Waals surface area contributed by atoms with Gasteiger partial charge in [0.15, 0.2) is 5.78 Å². The number of Topliss-reactive ketones (excluding diaryl/α,β-unsaturated/α-hetero) is 1. The molecule has 0 saturated heterocycles. The van der Waals surface area contributed by atoms with Gasteiger partial charge in [-0.05, 0) is 63.3 Å². The Labute approximate surface area is 213 Å². The third kappa shape index (κ3) is 5.18. The van der Waals surface area contributed by atoms with Crippen LogP contribution in [0, 0.1) is 0 Å². The number of esters is 1. The third-order valence-corrected chi connectivity index (χ3v) is 6.66. The number of ether oxygens (including phenoxy) is 3. The zero-order chi connectivity index (χ0) is 25.8. The molecule has 0 amide bonds. The predicted octanol–water partition coefficient (Wildman–Crippen LogP) is 5.80. The molecule has 0 unspecified atom stereocenters. The van der Waals surface area contributed by atoms with Gasteiger partial charge < -0.3 is 19.5 Å². The van der Waals surface area contributed by atoms with E-state index in [0.717, 1.165) is 29.0 Å². The Kier molecular flexibility index (Phi) is 7.82. The highest BCUT2D eigenvalue weighted by Gasteiger charge is 2.42. The van der Waals surface area contributed by atoms with Crippen molar-refractivity contribution in [1.29, 1.82) is 0 Å². The van der Waals surface area contributed by atoms with Crippen LogP contribution < -0.4 is 14.8 Å². The van der Waals surface area contributed by atoms with Gasteiger partial charge in [-0.25, -0.2) is 4.79 Å². The molecular weight excluding hydrogens is 454 g/mol. The summed E-state index contributed by atoms with van der Waals surface area (Å²) in [5, 5.41) is 3.41. The first kappa shape index (κ1) is 25.5. The van der Waals surface area contributed by atoms with Crippen molar-refractivity contribution in [3.05, 3.63) is 82.2 Å². The number of hydrogen-bond acceptors (Lipinski definition) is 6. The first-order valence-electron chi connectivity index (χ1n) is 12.6. The molecule has 2 atom stereocenters. The van der Waals surface area contributed by atoms with Crippen LogP contribution in [0.25, 0.3) is 0 Å².